The van der Waals surface area contributed by atoms with Crippen LogP contribution >= 0.6 is 0 Å². The first-order chi connectivity index (χ1) is 13.1. The van der Waals surface area contributed by atoms with Gasteiger partial charge in [-0.2, -0.15) is 9.40 Å². The number of pyridine rings is 1. The monoisotopic (exact) mass is 389 g/mol. The van der Waals surface area contributed by atoms with Crippen LogP contribution in [-0.2, 0) is 17.1 Å². The highest BCUT2D eigenvalue weighted by Gasteiger charge is 2.32. The highest BCUT2D eigenvalue weighted by Crippen LogP contribution is 2.33. The molecule has 8 heteroatoms. The van der Waals surface area contributed by atoms with Crippen LogP contribution in [0.1, 0.15) is 43.6 Å². The summed E-state index contributed by atoms with van der Waals surface area (Å²) in [5.74, 6) is 1.08. The van der Waals surface area contributed by atoms with Crippen LogP contribution in [0, 0.1) is 0 Å². The average Bonchev–Trinajstić information content (AvgIpc) is 3.15. The largest absolute Gasteiger partial charge is 0.355 e. The quantitative estimate of drug-likeness (QED) is 0.803. The zero-order valence-electron chi connectivity index (χ0n) is 15.8. The number of nitrogens with zero attached hydrogens (tertiary/aromatic N) is 5. The highest BCUT2D eigenvalue weighted by atomic mass is 32.2. The molecule has 0 unspecified atom stereocenters. The van der Waals surface area contributed by atoms with Gasteiger partial charge in [-0.05, 0) is 49.3 Å². The number of hydrogen-bond donors (Lipinski definition) is 0. The molecule has 0 aromatic carbocycles. The Bertz CT molecular complexity index is 881. The number of sulfonamides is 1. The maximum Gasteiger partial charge on any atom is 0.246 e. The van der Waals surface area contributed by atoms with E-state index in [1.54, 1.807) is 22.6 Å². The first-order valence-electron chi connectivity index (χ1n) is 9.74. The zero-order chi connectivity index (χ0) is 18.9. The summed E-state index contributed by atoms with van der Waals surface area (Å²) >= 11 is 0. The van der Waals surface area contributed by atoms with Gasteiger partial charge in [0, 0.05) is 45.6 Å². The van der Waals surface area contributed by atoms with Gasteiger partial charge in [0.15, 0.2) is 0 Å². The Morgan fingerprint density at radius 3 is 2.48 bits per heavy atom. The van der Waals surface area contributed by atoms with Gasteiger partial charge in [0.1, 0.15) is 10.7 Å². The van der Waals surface area contributed by atoms with Crippen molar-refractivity contribution < 1.29 is 8.42 Å². The van der Waals surface area contributed by atoms with E-state index in [0.717, 1.165) is 45.2 Å². The summed E-state index contributed by atoms with van der Waals surface area (Å²) in [6.07, 6.45) is 10.6. The van der Waals surface area contributed by atoms with Crippen molar-refractivity contribution in [2.24, 2.45) is 7.05 Å². The maximum absolute atomic E-state index is 13.2. The third-order valence-corrected chi connectivity index (χ3v) is 7.59. The molecule has 0 N–H and O–H groups in total. The minimum absolute atomic E-state index is 0.353. The smallest absolute Gasteiger partial charge is 0.246 e. The Hall–Kier alpha value is -1.93. The van der Waals surface area contributed by atoms with Gasteiger partial charge < -0.3 is 4.90 Å². The topological polar surface area (TPSA) is 71.3 Å². The van der Waals surface area contributed by atoms with Crippen LogP contribution in [-0.4, -0.2) is 53.7 Å². The first-order valence-corrected chi connectivity index (χ1v) is 11.2. The fourth-order valence-electron chi connectivity index (χ4n) is 4.14. The molecular weight excluding hydrogens is 362 g/mol. The second-order valence-electron chi connectivity index (χ2n) is 7.50. The molecule has 0 amide bonds. The molecule has 146 valence electrons. The van der Waals surface area contributed by atoms with Gasteiger partial charge >= 0.3 is 0 Å². The third-order valence-electron chi connectivity index (χ3n) is 5.67. The number of hydrogen-bond acceptors (Lipinski definition) is 5. The van der Waals surface area contributed by atoms with E-state index in [4.69, 9.17) is 0 Å². The number of aryl methyl sites for hydroxylation is 1. The summed E-state index contributed by atoms with van der Waals surface area (Å²) in [4.78, 5) is 6.95. The van der Waals surface area contributed by atoms with Gasteiger partial charge in [0.05, 0.1) is 6.20 Å². The minimum Gasteiger partial charge on any atom is -0.355 e. The standard InChI is InChI=1S/C19H27N5O2S/c1-22-15-17(14-21-22)16-7-12-23(13-8-16)19-18(6-5-9-20-19)27(25,26)24-10-3-2-4-11-24/h5-6,9,14-16H,2-4,7-8,10-13H2,1H3. The van der Waals surface area contributed by atoms with E-state index < -0.39 is 10.0 Å². The molecule has 0 atom stereocenters. The Morgan fingerprint density at radius 2 is 1.81 bits per heavy atom. The molecule has 27 heavy (non-hydrogen) atoms. The molecular formula is C19H27N5O2S. The minimum atomic E-state index is -3.49. The van der Waals surface area contributed by atoms with Gasteiger partial charge in [-0.25, -0.2) is 13.4 Å². The van der Waals surface area contributed by atoms with Gasteiger partial charge in [-0.1, -0.05) is 6.42 Å². The molecule has 2 aliphatic rings. The van der Waals surface area contributed by atoms with Crippen molar-refractivity contribution in [1.29, 1.82) is 0 Å². The molecule has 2 saturated heterocycles. The molecule has 7 nitrogen and oxygen atoms in total. The van der Waals surface area contributed by atoms with Crippen LogP contribution in [0.2, 0.25) is 0 Å². The summed E-state index contributed by atoms with van der Waals surface area (Å²) < 4.78 is 29.8. The van der Waals surface area contributed by atoms with Gasteiger partial charge in [-0.3, -0.25) is 4.68 Å². The van der Waals surface area contributed by atoms with Crippen LogP contribution in [0.5, 0.6) is 0 Å². The summed E-state index contributed by atoms with van der Waals surface area (Å²) in [6.45, 7) is 2.83. The molecule has 2 fully saturated rings. The lowest BCUT2D eigenvalue weighted by Gasteiger charge is -2.34. The SMILES string of the molecule is Cn1cc(C2CCN(c3ncccc3S(=O)(=O)N3CCCCC3)CC2)cn1. The first kappa shape index (κ1) is 18.4. The van der Waals surface area contributed by atoms with Gasteiger partial charge in [-0.15, -0.1) is 0 Å². The fourth-order valence-corrected chi connectivity index (χ4v) is 5.82. The van der Waals surface area contributed by atoms with Crippen molar-refractivity contribution in [2.45, 2.75) is 42.9 Å². The van der Waals surface area contributed by atoms with E-state index >= 15 is 0 Å². The Morgan fingerprint density at radius 1 is 1.07 bits per heavy atom. The molecule has 4 heterocycles. The molecule has 0 saturated carbocycles. The lowest BCUT2D eigenvalue weighted by molar-refractivity contribution is 0.346. The predicted octanol–water partition coefficient (Wildman–Crippen LogP) is 2.37. The van der Waals surface area contributed by atoms with Crippen molar-refractivity contribution >= 4 is 15.8 Å². The Labute approximate surface area is 161 Å². The van der Waals surface area contributed by atoms with Crippen LogP contribution < -0.4 is 4.90 Å². The van der Waals surface area contributed by atoms with Crippen molar-refractivity contribution in [1.82, 2.24) is 19.1 Å². The molecule has 2 aromatic heterocycles. The van der Waals surface area contributed by atoms with Crippen LogP contribution in [0.15, 0.2) is 35.6 Å². The van der Waals surface area contributed by atoms with Crippen LogP contribution in [0.25, 0.3) is 0 Å². The van der Waals surface area contributed by atoms with E-state index in [2.05, 4.69) is 21.2 Å². The van der Waals surface area contributed by atoms with Crippen molar-refractivity contribution in [3.63, 3.8) is 0 Å². The van der Waals surface area contributed by atoms with E-state index in [1.807, 2.05) is 17.9 Å². The molecule has 0 spiro atoms. The summed E-state index contributed by atoms with van der Waals surface area (Å²) in [5, 5.41) is 4.27. The lowest BCUT2D eigenvalue weighted by Crippen LogP contribution is -2.38. The predicted molar refractivity (Wildman–Crippen MR) is 104 cm³/mol. The second kappa shape index (κ2) is 7.59. The number of aromatic nitrogens is 3. The van der Waals surface area contributed by atoms with Crippen LogP contribution in [0.4, 0.5) is 5.82 Å². The Balaban J connectivity index is 1.53. The van der Waals surface area contributed by atoms with E-state index in [0.29, 0.717) is 29.7 Å². The van der Waals surface area contributed by atoms with E-state index in [-0.39, 0.29) is 0 Å². The van der Waals surface area contributed by atoms with Crippen molar-refractivity contribution in [3.05, 3.63) is 36.3 Å². The molecule has 2 aromatic rings. The number of rotatable bonds is 4. The normalized spacial score (nSPS) is 20.1. The third kappa shape index (κ3) is 3.73. The summed E-state index contributed by atoms with van der Waals surface area (Å²) in [5.41, 5.74) is 1.26. The fraction of sp³-hybridized carbons (Fsp3) is 0.579. The summed E-state index contributed by atoms with van der Waals surface area (Å²) in [6, 6.07) is 3.43. The molecule has 2 aliphatic heterocycles. The highest BCUT2D eigenvalue weighted by molar-refractivity contribution is 7.89. The second-order valence-corrected chi connectivity index (χ2v) is 9.40. The van der Waals surface area contributed by atoms with Crippen molar-refractivity contribution in [3.8, 4) is 0 Å². The van der Waals surface area contributed by atoms with E-state index in [1.165, 1.54) is 5.56 Å². The number of piperidine rings is 2. The summed E-state index contributed by atoms with van der Waals surface area (Å²) in [7, 11) is -1.55. The molecule has 4 rings (SSSR count). The van der Waals surface area contributed by atoms with Crippen LogP contribution in [0.3, 0.4) is 0 Å². The maximum atomic E-state index is 13.2. The number of anilines is 1. The van der Waals surface area contributed by atoms with Gasteiger partial charge in [0.2, 0.25) is 10.0 Å². The average molecular weight is 390 g/mol. The molecule has 0 radical (unpaired) electrons. The lowest BCUT2D eigenvalue weighted by atomic mass is 9.91. The van der Waals surface area contributed by atoms with Crippen molar-refractivity contribution in [2.75, 3.05) is 31.1 Å². The zero-order valence-corrected chi connectivity index (χ0v) is 16.6. The molecule has 0 aliphatic carbocycles. The van der Waals surface area contributed by atoms with E-state index in [9.17, 15) is 8.42 Å². The molecule has 0 bridgehead atoms. The Kier molecular flexibility index (Phi) is 5.19. The van der Waals surface area contributed by atoms with Gasteiger partial charge in [0.25, 0.3) is 0 Å².